The van der Waals surface area contributed by atoms with E-state index in [9.17, 15) is 9.59 Å². The Morgan fingerprint density at radius 2 is 2.15 bits per heavy atom. The van der Waals surface area contributed by atoms with Crippen LogP contribution in [0.4, 0.5) is 0 Å². The molecule has 0 fully saturated rings. The van der Waals surface area contributed by atoms with Gasteiger partial charge in [0, 0.05) is 5.56 Å². The lowest BCUT2D eigenvalue weighted by atomic mass is 10.1. The summed E-state index contributed by atoms with van der Waals surface area (Å²) in [4.78, 5) is 23.2. The number of thioether (sulfide) groups is 1. The number of ether oxygens (including phenoxy) is 1. The normalized spacial score (nSPS) is 11.8. The van der Waals surface area contributed by atoms with E-state index in [4.69, 9.17) is 9.84 Å². The highest BCUT2D eigenvalue weighted by atomic mass is 32.2. The van der Waals surface area contributed by atoms with Crippen molar-refractivity contribution >= 4 is 23.6 Å². The first-order valence-corrected chi connectivity index (χ1v) is 7.56. The van der Waals surface area contributed by atoms with E-state index in [1.165, 1.54) is 7.11 Å². The van der Waals surface area contributed by atoms with Crippen LogP contribution in [0.1, 0.15) is 22.3 Å². The van der Waals surface area contributed by atoms with E-state index in [2.05, 4.69) is 5.32 Å². The Morgan fingerprint density at radius 1 is 1.45 bits per heavy atom. The molecule has 110 valence electrons. The van der Waals surface area contributed by atoms with Gasteiger partial charge in [0.15, 0.2) is 0 Å². The number of methoxy groups -OCH3 is 1. The van der Waals surface area contributed by atoms with Crippen LogP contribution in [0.5, 0.6) is 5.75 Å². The third-order valence-electron chi connectivity index (χ3n) is 2.88. The van der Waals surface area contributed by atoms with Gasteiger partial charge in [-0.1, -0.05) is 6.07 Å². The van der Waals surface area contributed by atoms with E-state index >= 15 is 0 Å². The molecule has 1 amide bonds. The molecular formula is C14H19NO4S. The summed E-state index contributed by atoms with van der Waals surface area (Å²) in [5, 5.41) is 11.6. The minimum atomic E-state index is -1.02. The lowest BCUT2D eigenvalue weighted by Crippen LogP contribution is -2.41. The number of hydrogen-bond acceptors (Lipinski definition) is 4. The predicted molar refractivity (Wildman–Crippen MR) is 79.6 cm³/mol. The standard InChI is InChI=1S/C14H19NO4S/c1-9-4-5-10(8-12(9)19-2)13(16)15-11(14(17)18)6-7-20-3/h4-5,8,11H,6-7H2,1-3H3,(H,15,16)(H,17,18). The van der Waals surface area contributed by atoms with Crippen molar-refractivity contribution < 1.29 is 19.4 Å². The summed E-state index contributed by atoms with van der Waals surface area (Å²) in [5.41, 5.74) is 1.31. The van der Waals surface area contributed by atoms with Crippen molar-refractivity contribution in [2.24, 2.45) is 0 Å². The van der Waals surface area contributed by atoms with Crippen molar-refractivity contribution in [2.75, 3.05) is 19.1 Å². The molecule has 2 N–H and O–H groups in total. The molecule has 0 aliphatic rings. The molecule has 0 bridgehead atoms. The van der Waals surface area contributed by atoms with Crippen LogP contribution in [-0.4, -0.2) is 42.1 Å². The Bertz CT molecular complexity index is 490. The highest BCUT2D eigenvalue weighted by molar-refractivity contribution is 7.98. The summed E-state index contributed by atoms with van der Waals surface area (Å²) >= 11 is 1.54. The summed E-state index contributed by atoms with van der Waals surface area (Å²) < 4.78 is 5.15. The molecule has 0 aliphatic carbocycles. The summed E-state index contributed by atoms with van der Waals surface area (Å²) in [6.45, 7) is 1.87. The Kier molecular flexibility index (Phi) is 6.38. The molecule has 0 aliphatic heterocycles. The number of amides is 1. The molecule has 6 heteroatoms. The van der Waals surface area contributed by atoms with Crippen LogP contribution in [0.15, 0.2) is 18.2 Å². The van der Waals surface area contributed by atoms with E-state index in [0.29, 0.717) is 23.5 Å². The zero-order valence-corrected chi connectivity index (χ0v) is 12.6. The molecule has 0 aromatic heterocycles. The fourth-order valence-corrected chi connectivity index (χ4v) is 2.17. The molecular weight excluding hydrogens is 278 g/mol. The number of aliphatic carboxylic acids is 1. The quantitative estimate of drug-likeness (QED) is 0.804. The first kappa shape index (κ1) is 16.4. The Hall–Kier alpha value is -1.69. The SMILES string of the molecule is COc1cc(C(=O)NC(CCSC)C(=O)O)ccc1C. The molecule has 0 saturated heterocycles. The number of nitrogens with one attached hydrogen (secondary N) is 1. The summed E-state index contributed by atoms with van der Waals surface area (Å²) in [7, 11) is 1.53. The third kappa shape index (κ3) is 4.45. The number of carboxylic acid groups (broad SMARTS) is 1. The Morgan fingerprint density at radius 3 is 2.70 bits per heavy atom. The maximum Gasteiger partial charge on any atom is 0.326 e. The van der Waals surface area contributed by atoms with Crippen LogP contribution in [0, 0.1) is 6.92 Å². The number of benzene rings is 1. The van der Waals surface area contributed by atoms with Crippen LogP contribution in [0.2, 0.25) is 0 Å². The van der Waals surface area contributed by atoms with Crippen molar-refractivity contribution in [3.05, 3.63) is 29.3 Å². The van der Waals surface area contributed by atoms with Gasteiger partial charge in [-0.3, -0.25) is 4.79 Å². The van der Waals surface area contributed by atoms with Gasteiger partial charge in [-0.05, 0) is 43.0 Å². The highest BCUT2D eigenvalue weighted by Gasteiger charge is 2.20. The molecule has 20 heavy (non-hydrogen) atoms. The van der Waals surface area contributed by atoms with Gasteiger partial charge >= 0.3 is 5.97 Å². The third-order valence-corrected chi connectivity index (χ3v) is 3.53. The van der Waals surface area contributed by atoms with Crippen LogP contribution < -0.4 is 10.1 Å². The van der Waals surface area contributed by atoms with Crippen molar-refractivity contribution in [1.82, 2.24) is 5.32 Å². The number of carbonyl (C=O) groups excluding carboxylic acids is 1. The average molecular weight is 297 g/mol. The van der Waals surface area contributed by atoms with Crippen molar-refractivity contribution in [2.45, 2.75) is 19.4 Å². The second-order valence-corrected chi connectivity index (χ2v) is 5.32. The predicted octanol–water partition coefficient (Wildman–Crippen LogP) is 1.94. The second-order valence-electron chi connectivity index (χ2n) is 4.33. The molecule has 0 heterocycles. The van der Waals surface area contributed by atoms with Gasteiger partial charge in [0.2, 0.25) is 0 Å². The zero-order valence-electron chi connectivity index (χ0n) is 11.8. The van der Waals surface area contributed by atoms with Crippen LogP contribution >= 0.6 is 11.8 Å². The van der Waals surface area contributed by atoms with Gasteiger partial charge < -0.3 is 15.2 Å². The monoisotopic (exact) mass is 297 g/mol. The largest absolute Gasteiger partial charge is 0.496 e. The van der Waals surface area contributed by atoms with Gasteiger partial charge in [0.1, 0.15) is 11.8 Å². The van der Waals surface area contributed by atoms with Crippen LogP contribution in [0.3, 0.4) is 0 Å². The molecule has 1 rings (SSSR count). The van der Waals surface area contributed by atoms with Crippen molar-refractivity contribution in [3.63, 3.8) is 0 Å². The van der Waals surface area contributed by atoms with Crippen LogP contribution in [-0.2, 0) is 4.79 Å². The molecule has 1 aromatic rings. The molecule has 0 radical (unpaired) electrons. The Labute approximate surface area is 122 Å². The zero-order chi connectivity index (χ0) is 15.1. The number of aryl methyl sites for hydroxylation is 1. The highest BCUT2D eigenvalue weighted by Crippen LogP contribution is 2.19. The number of hydrogen-bond donors (Lipinski definition) is 2. The molecule has 5 nitrogen and oxygen atoms in total. The molecule has 1 unspecified atom stereocenters. The second kappa shape index (κ2) is 7.79. The van der Waals surface area contributed by atoms with Gasteiger partial charge in [0.25, 0.3) is 5.91 Å². The van der Waals surface area contributed by atoms with E-state index in [1.54, 1.807) is 30.0 Å². The molecule has 0 saturated carbocycles. The number of carboxylic acids is 1. The minimum absolute atomic E-state index is 0.392. The summed E-state index contributed by atoms with van der Waals surface area (Å²) in [6.07, 6.45) is 2.29. The van der Waals surface area contributed by atoms with E-state index in [-0.39, 0.29) is 0 Å². The Balaban J connectivity index is 2.80. The minimum Gasteiger partial charge on any atom is -0.496 e. The fourth-order valence-electron chi connectivity index (χ4n) is 1.70. The van der Waals surface area contributed by atoms with Gasteiger partial charge in [0.05, 0.1) is 7.11 Å². The van der Waals surface area contributed by atoms with E-state index < -0.39 is 17.9 Å². The lowest BCUT2D eigenvalue weighted by Gasteiger charge is -2.14. The van der Waals surface area contributed by atoms with Crippen LogP contribution in [0.25, 0.3) is 0 Å². The first-order valence-electron chi connectivity index (χ1n) is 6.16. The van der Waals surface area contributed by atoms with Gasteiger partial charge in [-0.15, -0.1) is 0 Å². The van der Waals surface area contributed by atoms with Gasteiger partial charge in [-0.25, -0.2) is 4.79 Å². The average Bonchev–Trinajstić information content (AvgIpc) is 2.43. The maximum absolute atomic E-state index is 12.1. The smallest absolute Gasteiger partial charge is 0.326 e. The van der Waals surface area contributed by atoms with Crippen molar-refractivity contribution in [1.29, 1.82) is 0 Å². The molecule has 0 spiro atoms. The maximum atomic E-state index is 12.1. The fraction of sp³-hybridized carbons (Fsp3) is 0.429. The molecule has 1 aromatic carbocycles. The number of rotatable bonds is 7. The van der Waals surface area contributed by atoms with Crippen molar-refractivity contribution in [3.8, 4) is 5.75 Å². The van der Waals surface area contributed by atoms with E-state index in [0.717, 1.165) is 5.56 Å². The lowest BCUT2D eigenvalue weighted by molar-refractivity contribution is -0.139. The molecule has 1 atom stereocenters. The number of carbonyl (C=O) groups is 2. The summed E-state index contributed by atoms with van der Waals surface area (Å²) in [6, 6.07) is 4.16. The van der Waals surface area contributed by atoms with E-state index in [1.807, 2.05) is 13.2 Å². The first-order chi connectivity index (χ1) is 9.49. The van der Waals surface area contributed by atoms with Gasteiger partial charge in [-0.2, -0.15) is 11.8 Å². The topological polar surface area (TPSA) is 75.6 Å². The summed E-state index contributed by atoms with van der Waals surface area (Å²) in [5.74, 6) is -0.147.